The molecule has 2 rings (SSSR count). The number of nitrogens with one attached hydrogen (secondary N) is 1. The zero-order valence-electron chi connectivity index (χ0n) is 10.1. The van der Waals surface area contributed by atoms with Crippen molar-refractivity contribution < 1.29 is 12.8 Å². The van der Waals surface area contributed by atoms with Crippen molar-refractivity contribution >= 4 is 38.9 Å². The fourth-order valence-electron chi connectivity index (χ4n) is 1.59. The van der Waals surface area contributed by atoms with E-state index in [1.165, 1.54) is 24.3 Å². The van der Waals surface area contributed by atoms with Gasteiger partial charge in [0.05, 0.1) is 5.75 Å². The molecule has 0 saturated heterocycles. The van der Waals surface area contributed by atoms with Gasteiger partial charge in [0.25, 0.3) is 0 Å². The molecule has 7 heteroatoms. The number of anilines is 1. The highest BCUT2D eigenvalue weighted by Gasteiger charge is 2.16. The molecule has 0 bridgehead atoms. The Labute approximate surface area is 126 Å². The van der Waals surface area contributed by atoms with E-state index in [9.17, 15) is 12.8 Å². The van der Waals surface area contributed by atoms with E-state index in [0.29, 0.717) is 5.56 Å². The van der Waals surface area contributed by atoms with Crippen LogP contribution < -0.4 is 4.72 Å². The SMILES string of the molecule is O=S(=O)(Cc1c(Cl)cccc1Cl)Nc1ccc(F)cc1. The fourth-order valence-corrected chi connectivity index (χ4v) is 3.54. The lowest BCUT2D eigenvalue weighted by Crippen LogP contribution is -2.15. The molecule has 20 heavy (non-hydrogen) atoms. The maximum Gasteiger partial charge on any atom is 0.237 e. The zero-order chi connectivity index (χ0) is 14.8. The van der Waals surface area contributed by atoms with Crippen molar-refractivity contribution in [2.75, 3.05) is 4.72 Å². The van der Waals surface area contributed by atoms with Crippen LogP contribution in [0.3, 0.4) is 0 Å². The first-order chi connectivity index (χ1) is 9.37. The summed E-state index contributed by atoms with van der Waals surface area (Å²) in [6.07, 6.45) is 0. The minimum absolute atomic E-state index is 0.273. The Kier molecular flexibility index (Phi) is 4.52. The van der Waals surface area contributed by atoms with E-state index in [-0.39, 0.29) is 21.5 Å². The van der Waals surface area contributed by atoms with Crippen LogP contribution in [0.2, 0.25) is 10.0 Å². The molecule has 2 aromatic carbocycles. The molecule has 0 saturated carbocycles. The quantitative estimate of drug-likeness (QED) is 0.916. The molecule has 0 aliphatic heterocycles. The summed E-state index contributed by atoms with van der Waals surface area (Å²) in [4.78, 5) is 0. The van der Waals surface area contributed by atoms with Crippen LogP contribution in [0.25, 0.3) is 0 Å². The van der Waals surface area contributed by atoms with Gasteiger partial charge < -0.3 is 0 Å². The van der Waals surface area contributed by atoms with Gasteiger partial charge in [0.1, 0.15) is 5.82 Å². The van der Waals surface area contributed by atoms with Crippen LogP contribution >= 0.6 is 23.2 Å². The van der Waals surface area contributed by atoms with Gasteiger partial charge in [-0.1, -0.05) is 29.3 Å². The van der Waals surface area contributed by atoms with Crippen LogP contribution in [0, 0.1) is 5.82 Å². The summed E-state index contributed by atoms with van der Waals surface area (Å²) in [7, 11) is -3.69. The van der Waals surface area contributed by atoms with Crippen molar-refractivity contribution in [1.29, 1.82) is 0 Å². The molecule has 0 radical (unpaired) electrons. The van der Waals surface area contributed by atoms with Crippen molar-refractivity contribution in [3.8, 4) is 0 Å². The average Bonchev–Trinajstić information content (AvgIpc) is 2.37. The molecule has 0 unspecified atom stereocenters. The molecule has 1 N–H and O–H groups in total. The molecule has 0 amide bonds. The highest BCUT2D eigenvalue weighted by Crippen LogP contribution is 2.26. The summed E-state index contributed by atoms with van der Waals surface area (Å²) in [6, 6.07) is 9.77. The second kappa shape index (κ2) is 5.99. The van der Waals surface area contributed by atoms with Gasteiger partial charge in [0, 0.05) is 21.3 Å². The Hall–Kier alpha value is -1.30. The molecular formula is C13H10Cl2FNO2S. The van der Waals surface area contributed by atoms with Gasteiger partial charge in [-0.25, -0.2) is 12.8 Å². The number of benzene rings is 2. The molecule has 0 aliphatic carbocycles. The molecule has 2 aromatic rings. The van der Waals surface area contributed by atoms with E-state index in [4.69, 9.17) is 23.2 Å². The van der Waals surface area contributed by atoms with Crippen LogP contribution in [0.5, 0.6) is 0 Å². The lowest BCUT2D eigenvalue weighted by atomic mass is 10.2. The average molecular weight is 334 g/mol. The first-order valence-corrected chi connectivity index (χ1v) is 7.97. The molecule has 0 spiro atoms. The minimum atomic E-state index is -3.69. The third-order valence-corrected chi connectivity index (χ3v) is 4.44. The van der Waals surface area contributed by atoms with Crippen molar-refractivity contribution in [3.05, 3.63) is 63.9 Å². The monoisotopic (exact) mass is 333 g/mol. The standard InChI is InChI=1S/C13H10Cl2FNO2S/c14-12-2-1-3-13(15)11(12)8-20(18,19)17-10-6-4-9(16)5-7-10/h1-7,17H,8H2. The van der Waals surface area contributed by atoms with Gasteiger partial charge in [-0.15, -0.1) is 0 Å². The summed E-state index contributed by atoms with van der Waals surface area (Å²) >= 11 is 11.9. The Morgan fingerprint density at radius 2 is 1.55 bits per heavy atom. The second-order valence-electron chi connectivity index (χ2n) is 4.07. The van der Waals surface area contributed by atoms with Crippen molar-refractivity contribution in [1.82, 2.24) is 0 Å². The first-order valence-electron chi connectivity index (χ1n) is 5.56. The lowest BCUT2D eigenvalue weighted by Gasteiger charge is -2.10. The summed E-state index contributed by atoms with van der Waals surface area (Å²) in [5.41, 5.74) is 0.597. The first kappa shape index (κ1) is 15.1. The molecule has 3 nitrogen and oxygen atoms in total. The Morgan fingerprint density at radius 3 is 2.10 bits per heavy atom. The summed E-state index contributed by atoms with van der Waals surface area (Å²) < 4.78 is 39.2. The number of hydrogen-bond donors (Lipinski definition) is 1. The fraction of sp³-hybridized carbons (Fsp3) is 0.0769. The second-order valence-corrected chi connectivity index (χ2v) is 6.60. The van der Waals surface area contributed by atoms with E-state index in [1.807, 2.05) is 0 Å². The Balaban J connectivity index is 2.21. The van der Waals surface area contributed by atoms with Crippen molar-refractivity contribution in [3.63, 3.8) is 0 Å². The van der Waals surface area contributed by atoms with Gasteiger partial charge in [-0.05, 0) is 36.4 Å². The predicted octanol–water partition coefficient (Wildman–Crippen LogP) is 4.07. The highest BCUT2D eigenvalue weighted by atomic mass is 35.5. The molecule has 0 aliphatic rings. The molecular weight excluding hydrogens is 324 g/mol. The van der Waals surface area contributed by atoms with Crippen molar-refractivity contribution in [2.45, 2.75) is 5.75 Å². The third-order valence-electron chi connectivity index (χ3n) is 2.51. The maximum atomic E-state index is 12.8. The molecule has 0 heterocycles. The Bertz CT molecular complexity index is 697. The minimum Gasteiger partial charge on any atom is -0.283 e. The van der Waals surface area contributed by atoms with Gasteiger partial charge in [0.2, 0.25) is 10.0 Å². The Morgan fingerprint density at radius 1 is 1.00 bits per heavy atom. The summed E-state index contributed by atoms with van der Waals surface area (Å²) in [6.45, 7) is 0. The number of sulfonamides is 1. The van der Waals surface area contributed by atoms with Crippen LogP contribution in [0.4, 0.5) is 10.1 Å². The lowest BCUT2D eigenvalue weighted by molar-refractivity contribution is 0.600. The van der Waals surface area contributed by atoms with Crippen LogP contribution in [-0.2, 0) is 15.8 Å². The normalized spacial score (nSPS) is 11.3. The maximum absolute atomic E-state index is 12.8. The van der Waals surface area contributed by atoms with Crippen molar-refractivity contribution in [2.24, 2.45) is 0 Å². The summed E-state index contributed by atoms with van der Waals surface area (Å²) in [5.74, 6) is -0.801. The third kappa shape index (κ3) is 3.85. The van der Waals surface area contributed by atoms with Gasteiger partial charge in [-0.2, -0.15) is 0 Å². The van der Waals surface area contributed by atoms with Gasteiger partial charge >= 0.3 is 0 Å². The summed E-state index contributed by atoms with van der Waals surface area (Å²) in [5, 5.41) is 0.559. The van der Waals surface area contributed by atoms with Crippen LogP contribution in [-0.4, -0.2) is 8.42 Å². The highest BCUT2D eigenvalue weighted by molar-refractivity contribution is 7.91. The van der Waals surface area contributed by atoms with E-state index >= 15 is 0 Å². The molecule has 106 valence electrons. The van der Waals surface area contributed by atoms with E-state index in [0.717, 1.165) is 0 Å². The molecule has 0 atom stereocenters. The topological polar surface area (TPSA) is 46.2 Å². The van der Waals surface area contributed by atoms with Crippen LogP contribution in [0.15, 0.2) is 42.5 Å². The largest absolute Gasteiger partial charge is 0.283 e. The molecule has 0 aromatic heterocycles. The van der Waals surface area contributed by atoms with Crippen LogP contribution in [0.1, 0.15) is 5.56 Å². The van der Waals surface area contributed by atoms with E-state index < -0.39 is 15.8 Å². The smallest absolute Gasteiger partial charge is 0.237 e. The zero-order valence-corrected chi connectivity index (χ0v) is 12.4. The van der Waals surface area contributed by atoms with Gasteiger partial charge in [-0.3, -0.25) is 4.72 Å². The number of hydrogen-bond acceptors (Lipinski definition) is 2. The van der Waals surface area contributed by atoms with E-state index in [2.05, 4.69) is 4.72 Å². The van der Waals surface area contributed by atoms with Gasteiger partial charge in [0.15, 0.2) is 0 Å². The number of rotatable bonds is 4. The van der Waals surface area contributed by atoms with E-state index in [1.54, 1.807) is 18.2 Å². The number of halogens is 3. The predicted molar refractivity (Wildman–Crippen MR) is 79.1 cm³/mol. The molecule has 0 fully saturated rings.